The van der Waals surface area contributed by atoms with E-state index >= 15 is 0 Å². The van der Waals surface area contributed by atoms with Crippen LogP contribution in [0.3, 0.4) is 0 Å². The third kappa shape index (κ3) is 4.36. The minimum absolute atomic E-state index is 1.13. The molecule has 1 aromatic carbocycles. The van der Waals surface area contributed by atoms with Crippen molar-refractivity contribution >= 4 is 11.0 Å². The van der Waals surface area contributed by atoms with Crippen molar-refractivity contribution in [3.8, 4) is 0 Å². The van der Waals surface area contributed by atoms with Crippen LogP contribution in [0.15, 0.2) is 24.5 Å². The zero-order chi connectivity index (χ0) is 14.2. The van der Waals surface area contributed by atoms with E-state index in [1.165, 1.54) is 68.9 Å². The molecule has 0 radical (unpaired) electrons. The van der Waals surface area contributed by atoms with Gasteiger partial charge in [-0.25, -0.2) is 4.98 Å². The Balaban J connectivity index is 1.65. The third-order valence-corrected chi connectivity index (χ3v) is 4.11. The second-order valence-electron chi connectivity index (χ2n) is 5.90. The molecule has 0 saturated carbocycles. The van der Waals surface area contributed by atoms with Crippen molar-refractivity contribution in [2.75, 3.05) is 0 Å². The summed E-state index contributed by atoms with van der Waals surface area (Å²) in [6, 6.07) is 6.70. The van der Waals surface area contributed by atoms with E-state index in [1.54, 1.807) is 0 Å². The fourth-order valence-corrected chi connectivity index (χ4v) is 2.80. The lowest BCUT2D eigenvalue weighted by molar-refractivity contribution is 0.575. The molecule has 1 heterocycles. The maximum Gasteiger partial charge on any atom is 0.0955 e. The van der Waals surface area contributed by atoms with E-state index in [-0.39, 0.29) is 0 Å². The normalized spacial score (nSPS) is 11.3. The van der Waals surface area contributed by atoms with Crippen LogP contribution in [0.4, 0.5) is 0 Å². The summed E-state index contributed by atoms with van der Waals surface area (Å²) in [5.74, 6) is 0. The highest BCUT2D eigenvalue weighted by atomic mass is 15.0. The summed E-state index contributed by atoms with van der Waals surface area (Å²) in [6.07, 6.45) is 14.2. The first-order valence-corrected chi connectivity index (χ1v) is 8.21. The lowest BCUT2D eigenvalue weighted by atomic mass is 10.0. The summed E-state index contributed by atoms with van der Waals surface area (Å²) >= 11 is 0. The molecule has 2 nitrogen and oxygen atoms in total. The molecular formula is C18H28N2. The number of hydrogen-bond acceptors (Lipinski definition) is 1. The lowest BCUT2D eigenvalue weighted by Gasteiger charge is -2.03. The van der Waals surface area contributed by atoms with E-state index < -0.39 is 0 Å². The van der Waals surface area contributed by atoms with Gasteiger partial charge >= 0.3 is 0 Å². The van der Waals surface area contributed by atoms with Crippen molar-refractivity contribution in [1.29, 1.82) is 0 Å². The second-order valence-corrected chi connectivity index (χ2v) is 5.90. The molecule has 0 aliphatic rings. The van der Waals surface area contributed by atoms with Crippen LogP contribution in [0.2, 0.25) is 0 Å². The van der Waals surface area contributed by atoms with E-state index in [1.807, 2.05) is 13.4 Å². The van der Waals surface area contributed by atoms with Crippen LogP contribution >= 0.6 is 0 Å². The topological polar surface area (TPSA) is 17.8 Å². The van der Waals surface area contributed by atoms with Gasteiger partial charge in [0.1, 0.15) is 0 Å². The molecule has 0 bridgehead atoms. The molecule has 1 aromatic heterocycles. The second kappa shape index (κ2) is 8.08. The van der Waals surface area contributed by atoms with Crippen molar-refractivity contribution in [3.05, 3.63) is 30.1 Å². The highest BCUT2D eigenvalue weighted by Gasteiger charge is 2.01. The van der Waals surface area contributed by atoms with Gasteiger partial charge in [-0.2, -0.15) is 0 Å². The molecule has 2 heteroatoms. The molecular weight excluding hydrogens is 244 g/mol. The number of nitrogens with zero attached hydrogens (tertiary/aromatic N) is 2. The largest absolute Gasteiger partial charge is 0.334 e. The number of hydrogen-bond donors (Lipinski definition) is 0. The van der Waals surface area contributed by atoms with Gasteiger partial charge in [-0.3, -0.25) is 0 Å². The number of fused-ring (bicyclic) bond motifs is 1. The van der Waals surface area contributed by atoms with Crippen molar-refractivity contribution in [1.82, 2.24) is 9.55 Å². The number of imidazole rings is 1. The summed E-state index contributed by atoms with van der Waals surface area (Å²) in [5, 5.41) is 0. The quantitative estimate of drug-likeness (QED) is 0.570. The molecule has 0 aliphatic carbocycles. The molecule has 2 aromatic rings. The maximum atomic E-state index is 4.43. The van der Waals surface area contributed by atoms with Crippen molar-refractivity contribution in [2.24, 2.45) is 7.05 Å². The van der Waals surface area contributed by atoms with E-state index in [2.05, 4.69) is 34.7 Å². The minimum Gasteiger partial charge on any atom is -0.334 e. The number of aryl methyl sites for hydroxylation is 2. The summed E-state index contributed by atoms with van der Waals surface area (Å²) in [6.45, 7) is 2.28. The fraction of sp³-hybridized carbons (Fsp3) is 0.611. The first-order chi connectivity index (χ1) is 9.81. The zero-order valence-electron chi connectivity index (χ0n) is 13.1. The molecule has 0 unspecified atom stereocenters. The van der Waals surface area contributed by atoms with Gasteiger partial charge in [-0.1, -0.05) is 57.9 Å². The Kier molecular flexibility index (Phi) is 6.10. The Morgan fingerprint density at radius 1 is 0.950 bits per heavy atom. The van der Waals surface area contributed by atoms with E-state index in [9.17, 15) is 0 Å². The van der Waals surface area contributed by atoms with Gasteiger partial charge in [0, 0.05) is 7.05 Å². The SMILES string of the molecule is CCCCCCCCCCc1ccc2c(c1)ncn2C. The van der Waals surface area contributed by atoms with Gasteiger partial charge in [0.05, 0.1) is 17.4 Å². The summed E-state index contributed by atoms with van der Waals surface area (Å²) < 4.78 is 2.08. The number of unbranched alkanes of at least 4 members (excludes halogenated alkanes) is 7. The van der Waals surface area contributed by atoms with Crippen LogP contribution < -0.4 is 0 Å². The number of benzene rings is 1. The summed E-state index contributed by atoms with van der Waals surface area (Å²) in [4.78, 5) is 4.43. The Morgan fingerprint density at radius 3 is 2.40 bits per heavy atom. The Morgan fingerprint density at radius 2 is 1.65 bits per heavy atom. The van der Waals surface area contributed by atoms with Crippen molar-refractivity contribution in [3.63, 3.8) is 0 Å². The molecule has 0 spiro atoms. The molecule has 0 fully saturated rings. The van der Waals surface area contributed by atoms with Crippen molar-refractivity contribution in [2.45, 2.75) is 64.7 Å². The lowest BCUT2D eigenvalue weighted by Crippen LogP contribution is -1.88. The molecule has 0 saturated heterocycles. The highest BCUT2D eigenvalue weighted by molar-refractivity contribution is 5.75. The van der Waals surface area contributed by atoms with Crippen LogP contribution in [-0.2, 0) is 13.5 Å². The van der Waals surface area contributed by atoms with Crippen LogP contribution in [-0.4, -0.2) is 9.55 Å². The molecule has 110 valence electrons. The van der Waals surface area contributed by atoms with Crippen LogP contribution in [0.5, 0.6) is 0 Å². The maximum absolute atomic E-state index is 4.43. The molecule has 2 rings (SSSR count). The van der Waals surface area contributed by atoms with Gasteiger partial charge in [0.25, 0.3) is 0 Å². The minimum atomic E-state index is 1.13. The third-order valence-electron chi connectivity index (χ3n) is 4.11. The number of aromatic nitrogens is 2. The van der Waals surface area contributed by atoms with Gasteiger partial charge in [-0.05, 0) is 30.5 Å². The summed E-state index contributed by atoms with van der Waals surface area (Å²) in [7, 11) is 2.05. The smallest absolute Gasteiger partial charge is 0.0955 e. The molecule has 0 N–H and O–H groups in total. The Bertz CT molecular complexity index is 513. The molecule has 0 atom stereocenters. The first-order valence-electron chi connectivity index (χ1n) is 8.21. The Hall–Kier alpha value is -1.31. The predicted molar refractivity (Wildman–Crippen MR) is 87.0 cm³/mol. The number of rotatable bonds is 9. The Labute approximate surface area is 123 Å². The predicted octanol–water partition coefficient (Wildman–Crippen LogP) is 5.26. The average Bonchev–Trinajstić information content (AvgIpc) is 2.83. The van der Waals surface area contributed by atoms with Gasteiger partial charge in [-0.15, -0.1) is 0 Å². The van der Waals surface area contributed by atoms with Crippen LogP contribution in [0, 0.1) is 0 Å². The van der Waals surface area contributed by atoms with E-state index in [0.717, 1.165) is 5.52 Å². The van der Waals surface area contributed by atoms with Crippen LogP contribution in [0.1, 0.15) is 63.9 Å². The monoisotopic (exact) mass is 272 g/mol. The fourth-order valence-electron chi connectivity index (χ4n) is 2.80. The zero-order valence-corrected chi connectivity index (χ0v) is 13.1. The van der Waals surface area contributed by atoms with Gasteiger partial charge < -0.3 is 4.57 Å². The molecule has 0 amide bonds. The summed E-state index contributed by atoms with van der Waals surface area (Å²) in [5.41, 5.74) is 3.79. The standard InChI is InChI=1S/C18H28N2/c1-3-4-5-6-7-8-9-10-11-16-12-13-18-17(14-16)19-15-20(18)2/h12-15H,3-11H2,1-2H3. The van der Waals surface area contributed by atoms with Crippen LogP contribution in [0.25, 0.3) is 11.0 Å². The van der Waals surface area contributed by atoms with Crippen molar-refractivity contribution < 1.29 is 0 Å². The van der Waals surface area contributed by atoms with E-state index in [4.69, 9.17) is 0 Å². The average molecular weight is 272 g/mol. The van der Waals surface area contributed by atoms with E-state index in [0.29, 0.717) is 0 Å². The molecule has 0 aliphatic heterocycles. The van der Waals surface area contributed by atoms with Gasteiger partial charge in [0.15, 0.2) is 0 Å². The van der Waals surface area contributed by atoms with Gasteiger partial charge in [0.2, 0.25) is 0 Å². The molecule has 20 heavy (non-hydrogen) atoms. The highest BCUT2D eigenvalue weighted by Crippen LogP contribution is 2.16. The first kappa shape index (κ1) is 15.1.